The van der Waals surface area contributed by atoms with E-state index in [0.29, 0.717) is 11.3 Å². The lowest BCUT2D eigenvalue weighted by atomic mass is 10.0. The molecular formula is C23H17N3O3. The number of aromatic hydroxyl groups is 1. The standard InChI is InChI=1S/C23H17N3O3/c27-21-13-12-16-7-1-3-9-17(16)19(21)14-24-26-23(29)22(28)25-20-11-5-8-15-6-2-4-10-18(15)20/h1-14,27H,(H,25,28)(H,26,29)/b24-14-. The van der Waals surface area contributed by atoms with E-state index in [-0.39, 0.29) is 5.75 Å². The molecule has 0 fully saturated rings. The summed E-state index contributed by atoms with van der Waals surface area (Å²) in [7, 11) is 0. The van der Waals surface area contributed by atoms with E-state index in [9.17, 15) is 14.7 Å². The monoisotopic (exact) mass is 383 g/mol. The lowest BCUT2D eigenvalue weighted by Crippen LogP contribution is -2.32. The van der Waals surface area contributed by atoms with Crippen molar-refractivity contribution in [3.63, 3.8) is 0 Å². The predicted molar refractivity (Wildman–Crippen MR) is 114 cm³/mol. The van der Waals surface area contributed by atoms with Gasteiger partial charge in [0, 0.05) is 16.6 Å². The van der Waals surface area contributed by atoms with E-state index >= 15 is 0 Å². The van der Waals surface area contributed by atoms with Crippen molar-refractivity contribution in [3.8, 4) is 5.75 Å². The van der Waals surface area contributed by atoms with Crippen LogP contribution in [0.15, 0.2) is 84.0 Å². The molecule has 0 bridgehead atoms. The van der Waals surface area contributed by atoms with Gasteiger partial charge in [-0.25, -0.2) is 5.43 Å². The molecule has 4 aromatic carbocycles. The van der Waals surface area contributed by atoms with Gasteiger partial charge in [0.15, 0.2) is 0 Å². The number of hydrogen-bond donors (Lipinski definition) is 3. The molecule has 6 nitrogen and oxygen atoms in total. The lowest BCUT2D eigenvalue weighted by Gasteiger charge is -2.08. The highest BCUT2D eigenvalue weighted by molar-refractivity contribution is 6.40. The quantitative estimate of drug-likeness (QED) is 0.286. The summed E-state index contributed by atoms with van der Waals surface area (Å²) in [5, 5.41) is 20.0. The van der Waals surface area contributed by atoms with Crippen molar-refractivity contribution >= 4 is 45.3 Å². The second-order valence-corrected chi connectivity index (χ2v) is 6.40. The molecule has 142 valence electrons. The number of phenolic OH excluding ortho intramolecular Hbond substituents is 1. The Morgan fingerprint density at radius 3 is 2.21 bits per heavy atom. The van der Waals surface area contributed by atoms with Gasteiger partial charge in [-0.2, -0.15) is 5.10 Å². The van der Waals surface area contributed by atoms with Crippen LogP contribution in [0, 0.1) is 0 Å². The van der Waals surface area contributed by atoms with Crippen molar-refractivity contribution in [3.05, 3.63) is 84.4 Å². The van der Waals surface area contributed by atoms with E-state index in [0.717, 1.165) is 21.5 Å². The zero-order valence-corrected chi connectivity index (χ0v) is 15.3. The third-order valence-electron chi connectivity index (χ3n) is 4.55. The summed E-state index contributed by atoms with van der Waals surface area (Å²) in [6, 6.07) is 23.8. The highest BCUT2D eigenvalue weighted by atomic mass is 16.3. The SMILES string of the molecule is O=C(N/N=C\c1c(O)ccc2ccccc12)C(=O)Nc1cccc2ccccc12. The number of amides is 2. The molecule has 0 atom stereocenters. The van der Waals surface area contributed by atoms with Gasteiger partial charge in [-0.15, -0.1) is 0 Å². The molecule has 0 radical (unpaired) electrons. The van der Waals surface area contributed by atoms with Gasteiger partial charge in [0.05, 0.1) is 6.21 Å². The first-order valence-electron chi connectivity index (χ1n) is 8.96. The van der Waals surface area contributed by atoms with E-state index < -0.39 is 11.8 Å². The van der Waals surface area contributed by atoms with Crippen LogP contribution < -0.4 is 10.7 Å². The summed E-state index contributed by atoms with van der Waals surface area (Å²) >= 11 is 0. The first-order chi connectivity index (χ1) is 14.1. The highest BCUT2D eigenvalue weighted by Crippen LogP contribution is 2.25. The number of benzene rings is 4. The number of nitrogens with one attached hydrogen (secondary N) is 2. The van der Waals surface area contributed by atoms with Gasteiger partial charge in [0.2, 0.25) is 0 Å². The topological polar surface area (TPSA) is 90.8 Å². The number of nitrogens with zero attached hydrogens (tertiary/aromatic N) is 1. The Morgan fingerprint density at radius 2 is 1.41 bits per heavy atom. The summed E-state index contributed by atoms with van der Waals surface area (Å²) in [5.41, 5.74) is 3.20. The maximum Gasteiger partial charge on any atom is 0.329 e. The Balaban J connectivity index is 1.49. The van der Waals surface area contributed by atoms with Crippen molar-refractivity contribution in [2.24, 2.45) is 5.10 Å². The maximum atomic E-state index is 12.2. The molecule has 0 heterocycles. The van der Waals surface area contributed by atoms with Gasteiger partial charge >= 0.3 is 11.8 Å². The van der Waals surface area contributed by atoms with Crippen LogP contribution in [0.4, 0.5) is 5.69 Å². The normalized spacial score (nSPS) is 11.0. The Labute approximate surface area is 166 Å². The fourth-order valence-corrected chi connectivity index (χ4v) is 3.14. The molecule has 3 N–H and O–H groups in total. The fourth-order valence-electron chi connectivity index (χ4n) is 3.14. The number of carbonyl (C=O) groups excluding carboxylic acids is 2. The van der Waals surface area contributed by atoms with E-state index in [2.05, 4.69) is 15.8 Å². The van der Waals surface area contributed by atoms with Gasteiger partial charge in [0.25, 0.3) is 0 Å². The number of rotatable bonds is 3. The number of hydrazone groups is 1. The lowest BCUT2D eigenvalue weighted by molar-refractivity contribution is -0.136. The van der Waals surface area contributed by atoms with Crippen LogP contribution in [0.5, 0.6) is 5.75 Å². The Kier molecular flexibility index (Phi) is 4.90. The molecular weight excluding hydrogens is 366 g/mol. The van der Waals surface area contributed by atoms with E-state index in [4.69, 9.17) is 0 Å². The van der Waals surface area contributed by atoms with Gasteiger partial charge in [-0.1, -0.05) is 66.7 Å². The van der Waals surface area contributed by atoms with Crippen molar-refractivity contribution in [2.75, 3.05) is 5.32 Å². The molecule has 0 aliphatic carbocycles. The van der Waals surface area contributed by atoms with Crippen molar-refractivity contribution in [1.29, 1.82) is 0 Å². The second-order valence-electron chi connectivity index (χ2n) is 6.40. The number of phenols is 1. The average Bonchev–Trinajstić information content (AvgIpc) is 2.75. The largest absolute Gasteiger partial charge is 0.507 e. The van der Waals surface area contributed by atoms with Crippen LogP contribution in [0.1, 0.15) is 5.56 Å². The Hall–Kier alpha value is -4.19. The van der Waals surface area contributed by atoms with Crippen LogP contribution in [0.3, 0.4) is 0 Å². The smallest absolute Gasteiger partial charge is 0.329 e. The molecule has 0 aliphatic rings. The van der Waals surface area contributed by atoms with Crippen LogP contribution in [0.2, 0.25) is 0 Å². The highest BCUT2D eigenvalue weighted by Gasteiger charge is 2.14. The van der Waals surface area contributed by atoms with Crippen LogP contribution in [0.25, 0.3) is 21.5 Å². The number of carbonyl (C=O) groups is 2. The van der Waals surface area contributed by atoms with Gasteiger partial charge in [-0.3, -0.25) is 9.59 Å². The maximum absolute atomic E-state index is 12.2. The van der Waals surface area contributed by atoms with Crippen LogP contribution >= 0.6 is 0 Å². The molecule has 0 spiro atoms. The minimum Gasteiger partial charge on any atom is -0.507 e. The molecule has 0 saturated carbocycles. The minimum atomic E-state index is -0.908. The molecule has 29 heavy (non-hydrogen) atoms. The van der Waals surface area contributed by atoms with E-state index in [1.54, 1.807) is 24.3 Å². The van der Waals surface area contributed by atoms with Crippen molar-refractivity contribution in [1.82, 2.24) is 5.43 Å². The fraction of sp³-hybridized carbons (Fsp3) is 0. The molecule has 0 aliphatic heterocycles. The zero-order valence-electron chi connectivity index (χ0n) is 15.3. The minimum absolute atomic E-state index is 0.0295. The Bertz CT molecular complexity index is 1260. The summed E-state index contributed by atoms with van der Waals surface area (Å²) in [6.07, 6.45) is 1.32. The first-order valence-corrected chi connectivity index (χ1v) is 8.96. The molecule has 2 amide bonds. The summed E-state index contributed by atoms with van der Waals surface area (Å²) in [4.78, 5) is 24.4. The van der Waals surface area contributed by atoms with Crippen molar-refractivity contribution < 1.29 is 14.7 Å². The van der Waals surface area contributed by atoms with Crippen molar-refractivity contribution in [2.45, 2.75) is 0 Å². The molecule has 0 unspecified atom stereocenters. The summed E-state index contributed by atoms with van der Waals surface area (Å²) < 4.78 is 0. The van der Waals surface area contributed by atoms with E-state index in [1.807, 2.05) is 54.6 Å². The summed E-state index contributed by atoms with van der Waals surface area (Å²) in [5.74, 6) is -1.71. The molecule has 4 aromatic rings. The zero-order chi connectivity index (χ0) is 20.2. The number of anilines is 1. The average molecular weight is 383 g/mol. The number of hydrogen-bond acceptors (Lipinski definition) is 4. The van der Waals surface area contributed by atoms with E-state index in [1.165, 1.54) is 6.21 Å². The third-order valence-corrected chi connectivity index (χ3v) is 4.55. The van der Waals surface area contributed by atoms with Crippen LogP contribution in [-0.4, -0.2) is 23.1 Å². The number of fused-ring (bicyclic) bond motifs is 2. The van der Waals surface area contributed by atoms with Gasteiger partial charge in [0.1, 0.15) is 5.75 Å². The first kappa shape index (κ1) is 18.2. The predicted octanol–water partition coefficient (Wildman–Crippen LogP) is 3.79. The summed E-state index contributed by atoms with van der Waals surface area (Å²) in [6.45, 7) is 0. The molecule has 0 saturated heterocycles. The molecule has 0 aromatic heterocycles. The van der Waals surface area contributed by atoms with Gasteiger partial charge < -0.3 is 10.4 Å². The molecule has 4 rings (SSSR count). The third kappa shape index (κ3) is 3.77. The van der Waals surface area contributed by atoms with Crippen LogP contribution in [-0.2, 0) is 9.59 Å². The van der Waals surface area contributed by atoms with Gasteiger partial charge in [-0.05, 0) is 28.3 Å². The second kappa shape index (κ2) is 7.82. The molecule has 6 heteroatoms. The Morgan fingerprint density at radius 1 is 0.759 bits per heavy atom.